The number of carboxylic acid groups (broad SMARTS) is 1. The minimum absolute atomic E-state index is 0.0171. The zero-order valence-corrected chi connectivity index (χ0v) is 11.2. The Bertz CT molecular complexity index is 403. The molecule has 2 saturated heterocycles. The van der Waals surface area contributed by atoms with Crippen molar-refractivity contribution in [3.8, 4) is 0 Å². The highest BCUT2D eigenvalue weighted by atomic mass is 16.4. The van der Waals surface area contributed by atoms with Crippen LogP contribution < -0.4 is 5.73 Å². The molecule has 19 heavy (non-hydrogen) atoms. The molecule has 1 aliphatic carbocycles. The highest BCUT2D eigenvalue weighted by Gasteiger charge is 2.54. The number of fused-ring (bicyclic) bond motifs is 2. The molecular formula is C14H22N2O3. The first-order valence-corrected chi connectivity index (χ1v) is 7.37. The van der Waals surface area contributed by atoms with Crippen LogP contribution in [0, 0.1) is 5.92 Å². The monoisotopic (exact) mass is 266 g/mol. The van der Waals surface area contributed by atoms with Gasteiger partial charge in [-0.3, -0.25) is 9.59 Å². The van der Waals surface area contributed by atoms with Crippen LogP contribution in [-0.4, -0.2) is 39.5 Å². The van der Waals surface area contributed by atoms with E-state index in [1.165, 1.54) is 0 Å². The minimum atomic E-state index is -0.764. The Morgan fingerprint density at radius 1 is 1.16 bits per heavy atom. The first-order valence-electron chi connectivity index (χ1n) is 7.37. The molecule has 3 fully saturated rings. The summed E-state index contributed by atoms with van der Waals surface area (Å²) in [6.07, 6.45) is 7.04. The molecule has 0 spiro atoms. The second-order valence-corrected chi connectivity index (χ2v) is 6.41. The fraction of sp³-hybridized carbons (Fsp3) is 0.857. The zero-order chi connectivity index (χ0) is 13.6. The molecular weight excluding hydrogens is 244 g/mol. The quantitative estimate of drug-likeness (QED) is 0.784. The summed E-state index contributed by atoms with van der Waals surface area (Å²) in [6, 6.07) is -0.00157. The summed E-state index contributed by atoms with van der Waals surface area (Å²) in [6.45, 7) is 0. The number of amides is 1. The maximum absolute atomic E-state index is 12.8. The molecule has 2 heterocycles. The Morgan fingerprint density at radius 3 is 2.42 bits per heavy atom. The van der Waals surface area contributed by atoms with E-state index in [0.717, 1.165) is 44.9 Å². The summed E-state index contributed by atoms with van der Waals surface area (Å²) in [7, 11) is 0. The summed E-state index contributed by atoms with van der Waals surface area (Å²) >= 11 is 0. The van der Waals surface area contributed by atoms with Crippen LogP contribution in [0.25, 0.3) is 0 Å². The lowest BCUT2D eigenvalue weighted by atomic mass is 9.81. The molecule has 0 aromatic heterocycles. The fourth-order valence-corrected chi connectivity index (χ4v) is 4.22. The molecule has 3 rings (SSSR count). The molecule has 2 bridgehead atoms. The van der Waals surface area contributed by atoms with Gasteiger partial charge in [0.25, 0.3) is 0 Å². The third-order valence-electron chi connectivity index (χ3n) is 5.26. The van der Waals surface area contributed by atoms with Crippen LogP contribution in [0.1, 0.15) is 51.4 Å². The summed E-state index contributed by atoms with van der Waals surface area (Å²) < 4.78 is 0. The van der Waals surface area contributed by atoms with Gasteiger partial charge in [0.05, 0.1) is 11.5 Å². The van der Waals surface area contributed by atoms with Crippen LogP contribution in [-0.2, 0) is 9.59 Å². The lowest BCUT2D eigenvalue weighted by molar-refractivity contribution is -0.144. The lowest BCUT2D eigenvalue weighted by Crippen LogP contribution is -2.57. The average Bonchev–Trinajstić information content (AvgIpc) is 2.96. The van der Waals surface area contributed by atoms with E-state index in [0.29, 0.717) is 6.42 Å². The highest BCUT2D eigenvalue weighted by Crippen LogP contribution is 2.44. The number of hydrogen-bond acceptors (Lipinski definition) is 3. The SMILES string of the molecule is NC1(C(=O)N2C3CCC2C(C(=O)O)C3)CCCCC1. The van der Waals surface area contributed by atoms with Crippen molar-refractivity contribution in [2.45, 2.75) is 69.0 Å². The smallest absolute Gasteiger partial charge is 0.308 e. The van der Waals surface area contributed by atoms with E-state index in [9.17, 15) is 14.7 Å². The molecule has 106 valence electrons. The maximum Gasteiger partial charge on any atom is 0.308 e. The number of nitrogens with zero attached hydrogens (tertiary/aromatic N) is 1. The molecule has 3 atom stereocenters. The van der Waals surface area contributed by atoms with Crippen LogP contribution in [0.5, 0.6) is 0 Å². The van der Waals surface area contributed by atoms with Crippen molar-refractivity contribution in [3.63, 3.8) is 0 Å². The van der Waals surface area contributed by atoms with Gasteiger partial charge in [0.15, 0.2) is 0 Å². The third kappa shape index (κ3) is 1.95. The van der Waals surface area contributed by atoms with Crippen LogP contribution in [0.15, 0.2) is 0 Å². The van der Waals surface area contributed by atoms with Gasteiger partial charge in [-0.2, -0.15) is 0 Å². The number of carbonyl (C=O) groups excluding carboxylic acids is 1. The predicted octanol–water partition coefficient (Wildman–Crippen LogP) is 1.11. The second-order valence-electron chi connectivity index (χ2n) is 6.41. The first kappa shape index (κ1) is 12.9. The molecule has 3 N–H and O–H groups in total. The molecule has 3 aliphatic rings. The van der Waals surface area contributed by atoms with E-state index in [1.54, 1.807) is 0 Å². The van der Waals surface area contributed by atoms with Crippen LogP contribution in [0.2, 0.25) is 0 Å². The van der Waals surface area contributed by atoms with Crippen molar-refractivity contribution >= 4 is 11.9 Å². The Balaban J connectivity index is 1.79. The highest BCUT2D eigenvalue weighted by molar-refractivity contribution is 5.88. The number of carboxylic acids is 1. The zero-order valence-electron chi connectivity index (χ0n) is 11.2. The summed E-state index contributed by atoms with van der Waals surface area (Å²) in [4.78, 5) is 25.8. The number of carbonyl (C=O) groups is 2. The number of aliphatic carboxylic acids is 1. The molecule has 2 aliphatic heterocycles. The fourth-order valence-electron chi connectivity index (χ4n) is 4.22. The summed E-state index contributed by atoms with van der Waals surface area (Å²) in [5.74, 6) is -1.13. The summed E-state index contributed by atoms with van der Waals surface area (Å²) in [5, 5.41) is 9.24. The van der Waals surface area contributed by atoms with Gasteiger partial charge in [-0.1, -0.05) is 19.3 Å². The van der Waals surface area contributed by atoms with Gasteiger partial charge >= 0.3 is 5.97 Å². The molecule has 1 saturated carbocycles. The average molecular weight is 266 g/mol. The largest absolute Gasteiger partial charge is 0.481 e. The van der Waals surface area contributed by atoms with Gasteiger partial charge in [0.2, 0.25) is 5.91 Å². The lowest BCUT2D eigenvalue weighted by Gasteiger charge is -2.37. The van der Waals surface area contributed by atoms with Gasteiger partial charge in [-0.15, -0.1) is 0 Å². The standard InChI is InChI=1S/C14H22N2O3/c15-14(6-2-1-3-7-14)13(19)16-9-4-5-11(16)10(8-9)12(17)18/h9-11H,1-8,15H2,(H,17,18). The Hall–Kier alpha value is -1.10. The Labute approximate surface area is 113 Å². The Morgan fingerprint density at radius 2 is 1.84 bits per heavy atom. The van der Waals surface area contributed by atoms with Crippen LogP contribution >= 0.6 is 0 Å². The van der Waals surface area contributed by atoms with Crippen LogP contribution in [0.3, 0.4) is 0 Å². The normalized spacial score (nSPS) is 36.5. The van der Waals surface area contributed by atoms with E-state index >= 15 is 0 Å². The van der Waals surface area contributed by atoms with E-state index < -0.39 is 11.5 Å². The molecule has 0 aromatic carbocycles. The van der Waals surface area contributed by atoms with Crippen LogP contribution in [0.4, 0.5) is 0 Å². The van der Waals surface area contributed by atoms with Gasteiger partial charge in [-0.25, -0.2) is 0 Å². The van der Waals surface area contributed by atoms with E-state index in [1.807, 2.05) is 4.90 Å². The Kier molecular flexibility index (Phi) is 3.04. The van der Waals surface area contributed by atoms with Gasteiger partial charge in [0, 0.05) is 12.1 Å². The molecule has 3 unspecified atom stereocenters. The maximum atomic E-state index is 12.8. The summed E-state index contributed by atoms with van der Waals surface area (Å²) in [5.41, 5.74) is 5.59. The van der Waals surface area contributed by atoms with Gasteiger partial charge in [-0.05, 0) is 32.1 Å². The van der Waals surface area contributed by atoms with Crippen molar-refractivity contribution in [2.75, 3.05) is 0 Å². The van der Waals surface area contributed by atoms with Gasteiger partial charge in [0.1, 0.15) is 0 Å². The third-order valence-corrected chi connectivity index (χ3v) is 5.26. The van der Waals surface area contributed by atoms with E-state index in [4.69, 9.17) is 5.73 Å². The minimum Gasteiger partial charge on any atom is -0.481 e. The molecule has 0 aromatic rings. The number of nitrogens with two attached hydrogens (primary N) is 1. The number of rotatable bonds is 2. The van der Waals surface area contributed by atoms with Crippen molar-refractivity contribution in [1.29, 1.82) is 0 Å². The van der Waals surface area contributed by atoms with Crippen molar-refractivity contribution in [1.82, 2.24) is 4.90 Å². The van der Waals surface area contributed by atoms with Crippen molar-refractivity contribution in [2.24, 2.45) is 11.7 Å². The molecule has 0 radical (unpaired) electrons. The van der Waals surface area contributed by atoms with Gasteiger partial charge < -0.3 is 15.7 Å². The van der Waals surface area contributed by atoms with Crippen molar-refractivity contribution in [3.05, 3.63) is 0 Å². The first-order chi connectivity index (χ1) is 9.03. The molecule has 1 amide bonds. The second kappa shape index (κ2) is 4.47. The van der Waals surface area contributed by atoms with E-state index in [-0.39, 0.29) is 23.9 Å². The van der Waals surface area contributed by atoms with E-state index in [2.05, 4.69) is 0 Å². The molecule has 5 nitrogen and oxygen atoms in total. The topological polar surface area (TPSA) is 83.6 Å². The predicted molar refractivity (Wildman–Crippen MR) is 69.4 cm³/mol. The molecule has 5 heteroatoms. The number of hydrogen-bond donors (Lipinski definition) is 2. The van der Waals surface area contributed by atoms with Crippen molar-refractivity contribution < 1.29 is 14.7 Å².